The lowest BCUT2D eigenvalue weighted by Crippen LogP contribution is -2.24. The molecular weight excluding hydrogens is 184 g/mol. The molecule has 0 radical (unpaired) electrons. The maximum Gasteiger partial charge on any atom is 0.331 e. The summed E-state index contributed by atoms with van der Waals surface area (Å²) < 4.78 is 4.85. The first-order valence-electron chi connectivity index (χ1n) is 4.51. The SMILES string of the molecule is CC(=O)[C@@H]1CCCC(=O)/C=C\C(=O)O1. The van der Waals surface area contributed by atoms with Crippen LogP contribution in [0.25, 0.3) is 0 Å². The van der Waals surface area contributed by atoms with Crippen LogP contribution in [-0.2, 0) is 19.1 Å². The molecule has 0 aromatic carbocycles. The Morgan fingerprint density at radius 3 is 2.79 bits per heavy atom. The summed E-state index contributed by atoms with van der Waals surface area (Å²) in [6.07, 6.45) is 2.93. The second kappa shape index (κ2) is 4.69. The lowest BCUT2D eigenvalue weighted by atomic mass is 10.1. The highest BCUT2D eigenvalue weighted by Crippen LogP contribution is 2.10. The minimum atomic E-state index is -0.696. The Labute approximate surface area is 81.9 Å². The molecule has 0 amide bonds. The van der Waals surface area contributed by atoms with E-state index in [1.54, 1.807) is 0 Å². The predicted molar refractivity (Wildman–Crippen MR) is 48.6 cm³/mol. The van der Waals surface area contributed by atoms with Crippen molar-refractivity contribution >= 4 is 17.5 Å². The number of hydrogen-bond donors (Lipinski definition) is 0. The van der Waals surface area contributed by atoms with Gasteiger partial charge in [-0.3, -0.25) is 9.59 Å². The lowest BCUT2D eigenvalue weighted by molar-refractivity contribution is -0.150. The molecule has 0 aliphatic carbocycles. The highest BCUT2D eigenvalue weighted by Gasteiger charge is 2.19. The molecule has 0 saturated carbocycles. The smallest absolute Gasteiger partial charge is 0.331 e. The zero-order valence-electron chi connectivity index (χ0n) is 7.99. The van der Waals surface area contributed by atoms with Crippen LogP contribution in [0, 0.1) is 0 Å². The van der Waals surface area contributed by atoms with E-state index >= 15 is 0 Å². The molecule has 1 aliphatic rings. The quantitative estimate of drug-likeness (QED) is 0.582. The number of esters is 1. The first kappa shape index (κ1) is 10.6. The van der Waals surface area contributed by atoms with Gasteiger partial charge in [0.1, 0.15) is 0 Å². The van der Waals surface area contributed by atoms with Gasteiger partial charge >= 0.3 is 5.97 Å². The molecule has 4 nitrogen and oxygen atoms in total. The zero-order chi connectivity index (χ0) is 10.6. The standard InChI is InChI=1S/C10H12O4/c1-7(11)9-4-2-3-8(12)5-6-10(13)14-9/h5-6,9H,2-4H2,1H3/b6-5-/t9-/m0/s1. The second-order valence-corrected chi connectivity index (χ2v) is 3.23. The van der Waals surface area contributed by atoms with Crippen LogP contribution in [0.15, 0.2) is 12.2 Å². The number of carbonyl (C=O) groups is 3. The number of Topliss-reactive ketones (excluding diaryl/α,β-unsaturated/α-hetero) is 1. The van der Waals surface area contributed by atoms with Crippen LogP contribution in [-0.4, -0.2) is 23.6 Å². The molecule has 0 saturated heterocycles. The normalized spacial score (nSPS) is 25.6. The Morgan fingerprint density at radius 1 is 1.43 bits per heavy atom. The van der Waals surface area contributed by atoms with E-state index in [0.717, 1.165) is 6.08 Å². The highest BCUT2D eigenvalue weighted by atomic mass is 16.5. The fourth-order valence-corrected chi connectivity index (χ4v) is 1.23. The van der Waals surface area contributed by atoms with Crippen molar-refractivity contribution in [3.05, 3.63) is 12.2 Å². The van der Waals surface area contributed by atoms with E-state index in [2.05, 4.69) is 0 Å². The van der Waals surface area contributed by atoms with Crippen LogP contribution in [0.4, 0.5) is 0 Å². The van der Waals surface area contributed by atoms with Gasteiger partial charge in [-0.15, -0.1) is 0 Å². The fourth-order valence-electron chi connectivity index (χ4n) is 1.23. The van der Waals surface area contributed by atoms with Crippen molar-refractivity contribution < 1.29 is 19.1 Å². The van der Waals surface area contributed by atoms with Crippen molar-refractivity contribution in [2.75, 3.05) is 0 Å². The second-order valence-electron chi connectivity index (χ2n) is 3.23. The number of ketones is 2. The zero-order valence-corrected chi connectivity index (χ0v) is 7.99. The molecule has 0 aromatic rings. The van der Waals surface area contributed by atoms with E-state index < -0.39 is 12.1 Å². The molecule has 0 bridgehead atoms. The Kier molecular flexibility index (Phi) is 3.56. The number of carbonyl (C=O) groups excluding carboxylic acids is 3. The van der Waals surface area contributed by atoms with Gasteiger partial charge in [-0.25, -0.2) is 4.79 Å². The van der Waals surface area contributed by atoms with E-state index in [9.17, 15) is 14.4 Å². The van der Waals surface area contributed by atoms with Crippen LogP contribution < -0.4 is 0 Å². The molecule has 76 valence electrons. The van der Waals surface area contributed by atoms with Crippen molar-refractivity contribution in [3.63, 3.8) is 0 Å². The summed E-state index contributed by atoms with van der Waals surface area (Å²) in [6, 6.07) is 0. The number of allylic oxidation sites excluding steroid dienone is 1. The number of ether oxygens (including phenoxy) is 1. The molecule has 4 heteroatoms. The summed E-state index contributed by atoms with van der Waals surface area (Å²) in [7, 11) is 0. The minimum absolute atomic E-state index is 0.105. The summed E-state index contributed by atoms with van der Waals surface area (Å²) >= 11 is 0. The van der Waals surface area contributed by atoms with Crippen LogP contribution in [0.3, 0.4) is 0 Å². The van der Waals surface area contributed by atoms with Gasteiger partial charge in [-0.1, -0.05) is 0 Å². The third-order valence-electron chi connectivity index (χ3n) is 2.01. The van der Waals surface area contributed by atoms with Gasteiger partial charge in [0, 0.05) is 12.5 Å². The van der Waals surface area contributed by atoms with Gasteiger partial charge in [-0.2, -0.15) is 0 Å². The Bertz CT molecular complexity index is 290. The Hall–Kier alpha value is -1.45. The summed E-state index contributed by atoms with van der Waals surface area (Å²) in [5.74, 6) is -0.910. The molecular formula is C10H12O4. The van der Waals surface area contributed by atoms with Crippen molar-refractivity contribution in [2.45, 2.75) is 32.3 Å². The molecule has 1 aliphatic heterocycles. The molecule has 0 N–H and O–H groups in total. The first-order chi connectivity index (χ1) is 6.59. The van der Waals surface area contributed by atoms with Crippen molar-refractivity contribution in [3.8, 4) is 0 Å². The molecule has 1 atom stereocenters. The van der Waals surface area contributed by atoms with Gasteiger partial charge in [0.15, 0.2) is 17.7 Å². The monoisotopic (exact) mass is 196 g/mol. The van der Waals surface area contributed by atoms with Gasteiger partial charge < -0.3 is 4.74 Å². The van der Waals surface area contributed by atoms with Gasteiger partial charge in [0.2, 0.25) is 0 Å². The average molecular weight is 196 g/mol. The largest absolute Gasteiger partial charge is 0.451 e. The number of hydrogen-bond acceptors (Lipinski definition) is 4. The Balaban J connectivity index is 2.70. The molecule has 1 heterocycles. The maximum absolute atomic E-state index is 11.0. The minimum Gasteiger partial charge on any atom is -0.451 e. The van der Waals surface area contributed by atoms with E-state index in [1.807, 2.05) is 0 Å². The van der Waals surface area contributed by atoms with Crippen LogP contribution in [0.1, 0.15) is 26.2 Å². The number of cyclic esters (lactones) is 1. The lowest BCUT2D eigenvalue weighted by Gasteiger charge is -2.12. The van der Waals surface area contributed by atoms with Crippen molar-refractivity contribution in [1.82, 2.24) is 0 Å². The average Bonchev–Trinajstić information content (AvgIpc) is 2.19. The molecule has 1 rings (SSSR count). The van der Waals surface area contributed by atoms with E-state index in [-0.39, 0.29) is 11.6 Å². The third kappa shape index (κ3) is 3.12. The number of rotatable bonds is 1. The van der Waals surface area contributed by atoms with Crippen LogP contribution >= 0.6 is 0 Å². The summed E-state index contributed by atoms with van der Waals surface area (Å²) in [5.41, 5.74) is 0. The Morgan fingerprint density at radius 2 is 2.14 bits per heavy atom. The molecule has 0 spiro atoms. The molecule has 14 heavy (non-hydrogen) atoms. The summed E-state index contributed by atoms with van der Waals surface area (Å²) in [5, 5.41) is 0. The fraction of sp³-hybridized carbons (Fsp3) is 0.500. The van der Waals surface area contributed by atoms with E-state index in [4.69, 9.17) is 4.74 Å². The van der Waals surface area contributed by atoms with Gasteiger partial charge in [0.05, 0.1) is 0 Å². The van der Waals surface area contributed by atoms with Crippen LogP contribution in [0.2, 0.25) is 0 Å². The van der Waals surface area contributed by atoms with Gasteiger partial charge in [-0.05, 0) is 25.8 Å². The predicted octanol–water partition coefficient (Wildman–Crippen LogP) is 0.796. The summed E-state index contributed by atoms with van der Waals surface area (Å²) in [6.45, 7) is 1.38. The van der Waals surface area contributed by atoms with Crippen molar-refractivity contribution in [2.24, 2.45) is 0 Å². The van der Waals surface area contributed by atoms with Gasteiger partial charge in [0.25, 0.3) is 0 Å². The highest BCUT2D eigenvalue weighted by molar-refractivity contribution is 5.97. The topological polar surface area (TPSA) is 60.4 Å². The molecule has 0 unspecified atom stereocenters. The molecule has 0 fully saturated rings. The van der Waals surface area contributed by atoms with Crippen molar-refractivity contribution in [1.29, 1.82) is 0 Å². The van der Waals surface area contributed by atoms with Crippen LogP contribution in [0.5, 0.6) is 0 Å². The van der Waals surface area contributed by atoms with E-state index in [0.29, 0.717) is 19.3 Å². The third-order valence-corrected chi connectivity index (χ3v) is 2.01. The molecule has 0 aromatic heterocycles. The maximum atomic E-state index is 11.0. The first-order valence-corrected chi connectivity index (χ1v) is 4.51. The van der Waals surface area contributed by atoms with E-state index in [1.165, 1.54) is 13.0 Å². The summed E-state index contributed by atoms with van der Waals surface area (Å²) in [4.78, 5) is 33.1.